The minimum atomic E-state index is -3.55. The van der Waals surface area contributed by atoms with Crippen LogP contribution in [0.4, 0.5) is 0 Å². The van der Waals surface area contributed by atoms with Crippen LogP contribution in [0.25, 0.3) is 0 Å². The first-order valence-electron chi connectivity index (χ1n) is 5.69. The van der Waals surface area contributed by atoms with Crippen molar-refractivity contribution < 1.29 is 13.5 Å². The normalized spacial score (nSPS) is 13.3. The Morgan fingerprint density at radius 1 is 1.42 bits per heavy atom. The predicted octanol–water partition coefficient (Wildman–Crippen LogP) is 1.55. The first-order valence-corrected chi connectivity index (χ1v) is 8.12. The fraction of sp³-hybridized carbons (Fsp3) is 0.250. The number of thiophene rings is 1. The lowest BCUT2D eigenvalue weighted by atomic mass is 10.1. The van der Waals surface area contributed by atoms with Crippen molar-refractivity contribution >= 4 is 21.4 Å². The second-order valence-corrected chi connectivity index (χ2v) is 6.49. The van der Waals surface area contributed by atoms with Gasteiger partial charge in [-0.2, -0.15) is 11.3 Å². The third kappa shape index (κ3) is 3.84. The Labute approximate surface area is 116 Å². The Morgan fingerprint density at radius 3 is 2.89 bits per heavy atom. The van der Waals surface area contributed by atoms with Crippen LogP contribution in [0.15, 0.2) is 46.2 Å². The van der Waals surface area contributed by atoms with Crippen LogP contribution in [0, 0.1) is 0 Å². The Morgan fingerprint density at radius 2 is 2.26 bits per heavy atom. The summed E-state index contributed by atoms with van der Waals surface area (Å²) in [5.74, 6) is 0. The zero-order chi connectivity index (χ0) is 13.7. The van der Waals surface area contributed by atoms with E-state index in [1.54, 1.807) is 6.07 Å². The van der Waals surface area contributed by atoms with E-state index >= 15 is 0 Å². The topological polar surface area (TPSA) is 79.3 Å². The van der Waals surface area contributed by atoms with Crippen LogP contribution < -0.4 is 4.72 Å². The molecular formula is C12H14N2O3S2. The lowest BCUT2D eigenvalue weighted by molar-refractivity contribution is 0.169. The molecule has 2 aromatic rings. The fourth-order valence-electron chi connectivity index (χ4n) is 1.55. The average molecular weight is 298 g/mol. The SMILES string of the molecule is O=S(=O)(NCCC(O)c1ccsc1)c1cccnc1. The maximum Gasteiger partial charge on any atom is 0.242 e. The van der Waals surface area contributed by atoms with Gasteiger partial charge in [0, 0.05) is 18.9 Å². The molecule has 0 aliphatic heterocycles. The third-order valence-electron chi connectivity index (χ3n) is 2.58. The van der Waals surface area contributed by atoms with E-state index in [-0.39, 0.29) is 11.4 Å². The predicted molar refractivity (Wildman–Crippen MR) is 73.3 cm³/mol. The number of sulfonamides is 1. The molecule has 0 saturated heterocycles. The first-order chi connectivity index (χ1) is 9.09. The van der Waals surface area contributed by atoms with Gasteiger partial charge in [-0.25, -0.2) is 13.1 Å². The van der Waals surface area contributed by atoms with Crippen molar-refractivity contribution in [3.8, 4) is 0 Å². The number of rotatable bonds is 6. The van der Waals surface area contributed by atoms with Crippen molar-refractivity contribution in [2.24, 2.45) is 0 Å². The molecule has 0 aliphatic rings. The fourth-order valence-corrected chi connectivity index (χ4v) is 3.27. The van der Waals surface area contributed by atoms with E-state index in [9.17, 15) is 13.5 Å². The zero-order valence-corrected chi connectivity index (χ0v) is 11.7. The van der Waals surface area contributed by atoms with Gasteiger partial charge in [0.1, 0.15) is 4.90 Å². The molecule has 2 N–H and O–H groups in total. The van der Waals surface area contributed by atoms with E-state index in [1.165, 1.54) is 29.8 Å². The van der Waals surface area contributed by atoms with E-state index in [4.69, 9.17) is 0 Å². The molecule has 102 valence electrons. The second-order valence-electron chi connectivity index (χ2n) is 3.95. The summed E-state index contributed by atoms with van der Waals surface area (Å²) >= 11 is 1.50. The highest BCUT2D eigenvalue weighted by molar-refractivity contribution is 7.89. The van der Waals surface area contributed by atoms with Crippen LogP contribution in [-0.2, 0) is 10.0 Å². The maximum absolute atomic E-state index is 11.9. The molecule has 1 atom stereocenters. The van der Waals surface area contributed by atoms with Crippen molar-refractivity contribution in [1.82, 2.24) is 9.71 Å². The molecule has 2 heterocycles. The van der Waals surface area contributed by atoms with Crippen LogP contribution in [-0.4, -0.2) is 25.1 Å². The van der Waals surface area contributed by atoms with Gasteiger partial charge in [0.25, 0.3) is 0 Å². The lowest BCUT2D eigenvalue weighted by Crippen LogP contribution is -2.26. The molecule has 2 aromatic heterocycles. The number of aliphatic hydroxyl groups excluding tert-OH is 1. The van der Waals surface area contributed by atoms with Gasteiger partial charge < -0.3 is 5.11 Å². The van der Waals surface area contributed by atoms with Gasteiger partial charge in [-0.1, -0.05) is 0 Å². The smallest absolute Gasteiger partial charge is 0.242 e. The van der Waals surface area contributed by atoms with Crippen LogP contribution in [0.3, 0.4) is 0 Å². The number of aliphatic hydroxyl groups is 1. The van der Waals surface area contributed by atoms with Gasteiger partial charge in [-0.05, 0) is 40.9 Å². The van der Waals surface area contributed by atoms with Gasteiger partial charge in [0.05, 0.1) is 6.10 Å². The van der Waals surface area contributed by atoms with Gasteiger partial charge in [-0.15, -0.1) is 0 Å². The van der Waals surface area contributed by atoms with Crippen LogP contribution in [0.1, 0.15) is 18.1 Å². The minimum absolute atomic E-state index is 0.125. The number of hydrogen-bond donors (Lipinski definition) is 2. The van der Waals surface area contributed by atoms with Crippen molar-refractivity contribution in [2.45, 2.75) is 17.4 Å². The van der Waals surface area contributed by atoms with Gasteiger partial charge in [-0.3, -0.25) is 4.98 Å². The third-order valence-corrected chi connectivity index (χ3v) is 4.73. The first kappa shape index (κ1) is 14.1. The van der Waals surface area contributed by atoms with Crippen molar-refractivity contribution in [2.75, 3.05) is 6.54 Å². The average Bonchev–Trinajstić information content (AvgIpc) is 2.93. The summed E-state index contributed by atoms with van der Waals surface area (Å²) in [6.07, 6.45) is 2.48. The standard InChI is InChI=1S/C12H14N2O3S2/c15-12(10-4-7-18-9-10)3-6-14-19(16,17)11-2-1-5-13-8-11/h1-2,4-5,7-9,12,14-15H,3,6H2. The number of pyridine rings is 1. The van der Waals surface area contributed by atoms with E-state index < -0.39 is 16.1 Å². The summed E-state index contributed by atoms with van der Waals surface area (Å²) in [6.45, 7) is 0.175. The summed E-state index contributed by atoms with van der Waals surface area (Å²) < 4.78 is 26.2. The largest absolute Gasteiger partial charge is 0.388 e. The Bertz CT molecular complexity index is 597. The van der Waals surface area contributed by atoms with E-state index in [2.05, 4.69) is 9.71 Å². The summed E-state index contributed by atoms with van der Waals surface area (Å²) in [5.41, 5.74) is 0.811. The molecule has 0 aromatic carbocycles. The van der Waals surface area contributed by atoms with E-state index in [0.717, 1.165) is 5.56 Å². The molecule has 0 bridgehead atoms. The van der Waals surface area contributed by atoms with E-state index in [1.807, 2.05) is 16.8 Å². The highest BCUT2D eigenvalue weighted by Gasteiger charge is 2.14. The number of nitrogens with zero attached hydrogens (tertiary/aromatic N) is 1. The molecule has 0 fully saturated rings. The zero-order valence-electron chi connectivity index (χ0n) is 10.1. The molecule has 7 heteroatoms. The quantitative estimate of drug-likeness (QED) is 0.848. The van der Waals surface area contributed by atoms with Gasteiger partial charge in [0.15, 0.2) is 0 Å². The molecule has 5 nitrogen and oxygen atoms in total. The summed E-state index contributed by atoms with van der Waals surface area (Å²) in [5, 5.41) is 13.6. The molecule has 0 saturated carbocycles. The van der Waals surface area contributed by atoms with Crippen molar-refractivity contribution in [1.29, 1.82) is 0 Å². The maximum atomic E-state index is 11.9. The molecule has 0 aliphatic carbocycles. The number of aromatic nitrogens is 1. The van der Waals surface area contributed by atoms with Crippen molar-refractivity contribution in [3.05, 3.63) is 46.9 Å². The van der Waals surface area contributed by atoms with Crippen LogP contribution in [0.2, 0.25) is 0 Å². The van der Waals surface area contributed by atoms with Crippen LogP contribution in [0.5, 0.6) is 0 Å². The molecule has 19 heavy (non-hydrogen) atoms. The molecule has 0 radical (unpaired) electrons. The number of nitrogens with one attached hydrogen (secondary N) is 1. The molecule has 1 unspecified atom stereocenters. The lowest BCUT2D eigenvalue weighted by Gasteiger charge is -2.10. The highest BCUT2D eigenvalue weighted by Crippen LogP contribution is 2.18. The van der Waals surface area contributed by atoms with Gasteiger partial charge >= 0.3 is 0 Å². The summed E-state index contributed by atoms with van der Waals surface area (Å²) in [6, 6.07) is 4.87. The molecular weight excluding hydrogens is 284 g/mol. The summed E-state index contributed by atoms with van der Waals surface area (Å²) in [4.78, 5) is 3.89. The second kappa shape index (κ2) is 6.25. The Hall–Kier alpha value is -1.28. The molecule has 2 rings (SSSR count). The van der Waals surface area contributed by atoms with Gasteiger partial charge in [0.2, 0.25) is 10.0 Å². The minimum Gasteiger partial charge on any atom is -0.388 e. The highest BCUT2D eigenvalue weighted by atomic mass is 32.2. The van der Waals surface area contributed by atoms with Crippen molar-refractivity contribution in [3.63, 3.8) is 0 Å². The Balaban J connectivity index is 1.89. The summed E-state index contributed by atoms with van der Waals surface area (Å²) in [7, 11) is -3.55. The molecule has 0 amide bonds. The Kier molecular flexibility index (Phi) is 4.65. The monoisotopic (exact) mass is 298 g/mol. The molecule has 0 spiro atoms. The van der Waals surface area contributed by atoms with Crippen LogP contribution >= 0.6 is 11.3 Å². The van der Waals surface area contributed by atoms with E-state index in [0.29, 0.717) is 6.42 Å². The number of hydrogen-bond acceptors (Lipinski definition) is 5.